The highest BCUT2D eigenvalue weighted by Crippen LogP contribution is 2.22. The monoisotopic (exact) mass is 391 g/mol. The molecule has 1 fully saturated rings. The van der Waals surface area contributed by atoms with E-state index in [-0.39, 0.29) is 5.91 Å². The zero-order valence-electron chi connectivity index (χ0n) is 16.9. The van der Waals surface area contributed by atoms with Crippen molar-refractivity contribution in [1.29, 1.82) is 0 Å². The first-order chi connectivity index (χ1) is 13.8. The summed E-state index contributed by atoms with van der Waals surface area (Å²) in [5.41, 5.74) is 1.49. The molecule has 0 aliphatic carbocycles. The van der Waals surface area contributed by atoms with Crippen LogP contribution in [-0.4, -0.2) is 40.1 Å². The standard InChI is InChI=1S/C23H25N3O3/c1-23(2,3)29-22(28)26-15-7-11-20(26)21(27)25-19-10-6-8-17(16-19)12-13-18-9-4-5-14-24-18/h4-6,8-10,14,16,20H,7,11,15H2,1-3H3,(H,25,27). The number of aromatic nitrogens is 1. The fourth-order valence-corrected chi connectivity index (χ4v) is 3.05. The molecule has 2 amide bonds. The highest BCUT2D eigenvalue weighted by Gasteiger charge is 2.36. The normalized spacial score (nSPS) is 16.0. The molecule has 1 aliphatic rings. The van der Waals surface area contributed by atoms with Crippen LogP contribution in [0.2, 0.25) is 0 Å². The number of pyridine rings is 1. The Morgan fingerprint density at radius 1 is 1.17 bits per heavy atom. The molecule has 1 aliphatic heterocycles. The second-order valence-corrected chi connectivity index (χ2v) is 7.87. The van der Waals surface area contributed by atoms with Gasteiger partial charge < -0.3 is 10.1 Å². The largest absolute Gasteiger partial charge is 0.444 e. The van der Waals surface area contributed by atoms with Crippen LogP contribution in [-0.2, 0) is 9.53 Å². The van der Waals surface area contributed by atoms with Gasteiger partial charge in [-0.1, -0.05) is 18.1 Å². The van der Waals surface area contributed by atoms with E-state index in [9.17, 15) is 9.59 Å². The van der Waals surface area contributed by atoms with Crippen molar-refractivity contribution >= 4 is 17.7 Å². The molecule has 6 nitrogen and oxygen atoms in total. The van der Waals surface area contributed by atoms with E-state index in [2.05, 4.69) is 22.1 Å². The van der Waals surface area contributed by atoms with Gasteiger partial charge in [0.15, 0.2) is 0 Å². The Kier molecular flexibility index (Phi) is 6.18. The highest BCUT2D eigenvalue weighted by molar-refractivity contribution is 5.97. The summed E-state index contributed by atoms with van der Waals surface area (Å²) in [6.45, 7) is 5.96. The lowest BCUT2D eigenvalue weighted by molar-refractivity contribution is -0.120. The van der Waals surface area contributed by atoms with Crippen LogP contribution in [0.4, 0.5) is 10.5 Å². The van der Waals surface area contributed by atoms with Gasteiger partial charge >= 0.3 is 6.09 Å². The Morgan fingerprint density at radius 3 is 2.72 bits per heavy atom. The average Bonchev–Trinajstić information content (AvgIpc) is 3.16. The second kappa shape index (κ2) is 8.78. The van der Waals surface area contributed by atoms with Crippen molar-refractivity contribution in [2.75, 3.05) is 11.9 Å². The molecule has 0 saturated carbocycles. The first kappa shape index (κ1) is 20.4. The number of carbonyl (C=O) groups excluding carboxylic acids is 2. The molecule has 0 bridgehead atoms. The number of amides is 2. The van der Waals surface area contributed by atoms with Crippen LogP contribution in [0.3, 0.4) is 0 Å². The summed E-state index contributed by atoms with van der Waals surface area (Å²) in [7, 11) is 0. The Hall–Kier alpha value is -3.33. The minimum Gasteiger partial charge on any atom is -0.444 e. The van der Waals surface area contributed by atoms with Gasteiger partial charge in [0.2, 0.25) is 5.91 Å². The van der Waals surface area contributed by atoms with Gasteiger partial charge in [0.25, 0.3) is 0 Å². The zero-order valence-corrected chi connectivity index (χ0v) is 16.9. The van der Waals surface area contributed by atoms with Crippen LogP contribution in [0.5, 0.6) is 0 Å². The molecule has 1 N–H and O–H groups in total. The number of rotatable bonds is 2. The van der Waals surface area contributed by atoms with Crippen molar-refractivity contribution in [3.8, 4) is 11.8 Å². The molecule has 1 aromatic carbocycles. The summed E-state index contributed by atoms with van der Waals surface area (Å²) < 4.78 is 5.43. The van der Waals surface area contributed by atoms with Crippen LogP contribution >= 0.6 is 0 Å². The van der Waals surface area contributed by atoms with Crippen molar-refractivity contribution in [2.24, 2.45) is 0 Å². The molecule has 3 rings (SSSR count). The molecule has 1 unspecified atom stereocenters. The van der Waals surface area contributed by atoms with Gasteiger partial charge in [-0.05, 0) is 69.9 Å². The Morgan fingerprint density at radius 2 is 2.00 bits per heavy atom. The smallest absolute Gasteiger partial charge is 0.410 e. The highest BCUT2D eigenvalue weighted by atomic mass is 16.6. The minimum atomic E-state index is -0.596. The summed E-state index contributed by atoms with van der Waals surface area (Å²) in [5.74, 6) is 5.83. The Balaban J connectivity index is 1.67. The molecular formula is C23H25N3O3. The van der Waals surface area contributed by atoms with Crippen molar-refractivity contribution < 1.29 is 14.3 Å². The van der Waals surface area contributed by atoms with Crippen molar-refractivity contribution in [3.63, 3.8) is 0 Å². The number of nitrogens with zero attached hydrogens (tertiary/aromatic N) is 2. The maximum atomic E-state index is 12.8. The zero-order chi connectivity index (χ0) is 20.9. The first-order valence-electron chi connectivity index (χ1n) is 9.65. The number of likely N-dealkylation sites (tertiary alicyclic amines) is 1. The number of hydrogen-bond donors (Lipinski definition) is 1. The minimum absolute atomic E-state index is 0.219. The van der Waals surface area contributed by atoms with Crippen LogP contribution in [0.15, 0.2) is 48.7 Å². The van der Waals surface area contributed by atoms with Crippen molar-refractivity contribution in [3.05, 3.63) is 59.9 Å². The van der Waals surface area contributed by atoms with Crippen LogP contribution < -0.4 is 5.32 Å². The molecule has 29 heavy (non-hydrogen) atoms. The predicted molar refractivity (Wildman–Crippen MR) is 111 cm³/mol. The van der Waals surface area contributed by atoms with E-state index >= 15 is 0 Å². The van der Waals surface area contributed by atoms with Crippen LogP contribution in [0.1, 0.15) is 44.9 Å². The third-order valence-corrected chi connectivity index (χ3v) is 4.31. The molecule has 1 saturated heterocycles. The van der Waals surface area contributed by atoms with Crippen molar-refractivity contribution in [1.82, 2.24) is 9.88 Å². The number of nitrogens with one attached hydrogen (secondary N) is 1. The summed E-state index contributed by atoms with van der Waals surface area (Å²) >= 11 is 0. The Bertz CT molecular complexity index is 939. The molecule has 1 aromatic heterocycles. The average molecular weight is 391 g/mol. The summed E-state index contributed by atoms with van der Waals surface area (Å²) in [5, 5.41) is 2.90. The Labute approximate surface area is 171 Å². The number of ether oxygens (including phenoxy) is 1. The van der Waals surface area contributed by atoms with Gasteiger partial charge in [-0.15, -0.1) is 0 Å². The predicted octanol–water partition coefficient (Wildman–Crippen LogP) is 3.82. The van der Waals surface area contributed by atoms with E-state index in [1.54, 1.807) is 18.3 Å². The van der Waals surface area contributed by atoms with E-state index in [1.807, 2.05) is 51.1 Å². The molecule has 0 spiro atoms. The van der Waals surface area contributed by atoms with E-state index in [0.29, 0.717) is 24.3 Å². The maximum Gasteiger partial charge on any atom is 0.410 e. The molecule has 150 valence electrons. The van der Waals surface area contributed by atoms with Gasteiger partial charge in [-0.2, -0.15) is 0 Å². The molecular weight excluding hydrogens is 366 g/mol. The summed E-state index contributed by atoms with van der Waals surface area (Å²) in [6, 6.07) is 12.3. The first-order valence-corrected chi connectivity index (χ1v) is 9.65. The topological polar surface area (TPSA) is 71.5 Å². The van der Waals surface area contributed by atoms with Crippen LogP contribution in [0, 0.1) is 11.8 Å². The lowest BCUT2D eigenvalue weighted by Crippen LogP contribution is -2.45. The molecule has 1 atom stereocenters. The summed E-state index contributed by atoms with van der Waals surface area (Å²) in [6.07, 6.45) is 2.63. The third kappa shape index (κ3) is 5.82. The van der Waals surface area contributed by atoms with Gasteiger partial charge in [0.1, 0.15) is 17.3 Å². The second-order valence-electron chi connectivity index (χ2n) is 7.87. The fourth-order valence-electron chi connectivity index (χ4n) is 3.05. The van der Waals surface area contributed by atoms with E-state index in [0.717, 1.165) is 12.0 Å². The maximum absolute atomic E-state index is 12.8. The van der Waals surface area contributed by atoms with E-state index in [4.69, 9.17) is 4.74 Å². The summed E-state index contributed by atoms with van der Waals surface area (Å²) in [4.78, 5) is 30.9. The fraction of sp³-hybridized carbons (Fsp3) is 0.348. The van der Waals surface area contributed by atoms with Crippen molar-refractivity contribution in [2.45, 2.75) is 45.3 Å². The lowest BCUT2D eigenvalue weighted by Gasteiger charge is -2.28. The van der Waals surface area contributed by atoms with Gasteiger partial charge in [0, 0.05) is 24.0 Å². The van der Waals surface area contributed by atoms with Gasteiger partial charge in [-0.3, -0.25) is 9.69 Å². The number of carbonyl (C=O) groups is 2. The molecule has 6 heteroatoms. The van der Waals surface area contributed by atoms with E-state index < -0.39 is 17.7 Å². The third-order valence-electron chi connectivity index (χ3n) is 4.31. The van der Waals surface area contributed by atoms with Gasteiger partial charge in [0.05, 0.1) is 0 Å². The number of hydrogen-bond acceptors (Lipinski definition) is 4. The lowest BCUT2D eigenvalue weighted by atomic mass is 10.1. The number of benzene rings is 1. The molecule has 0 radical (unpaired) electrons. The molecule has 2 heterocycles. The number of anilines is 1. The SMILES string of the molecule is CC(C)(C)OC(=O)N1CCCC1C(=O)Nc1cccc(C#Cc2ccccn2)c1. The van der Waals surface area contributed by atoms with Crippen LogP contribution in [0.25, 0.3) is 0 Å². The quantitative estimate of drug-likeness (QED) is 0.790. The van der Waals surface area contributed by atoms with E-state index in [1.165, 1.54) is 4.90 Å². The van der Waals surface area contributed by atoms with Gasteiger partial charge in [-0.25, -0.2) is 9.78 Å². The molecule has 2 aromatic rings.